The lowest BCUT2D eigenvalue weighted by Gasteiger charge is -2.12. The summed E-state index contributed by atoms with van der Waals surface area (Å²) in [6.45, 7) is 2.82. The molecule has 1 heterocycles. The molecule has 0 spiro atoms. The van der Waals surface area contributed by atoms with E-state index in [1.807, 2.05) is 0 Å². The van der Waals surface area contributed by atoms with Crippen LogP contribution in [0.1, 0.15) is 11.3 Å². The smallest absolute Gasteiger partial charge is 0.406 e. The van der Waals surface area contributed by atoms with Gasteiger partial charge in [0.25, 0.3) is 0 Å². The van der Waals surface area contributed by atoms with Crippen molar-refractivity contribution in [3.63, 3.8) is 0 Å². The Labute approximate surface area is 167 Å². The minimum atomic E-state index is -4.87. The van der Waals surface area contributed by atoms with Crippen LogP contribution in [-0.2, 0) is 10.0 Å². The topological polar surface area (TPSA) is 95.4 Å². The van der Waals surface area contributed by atoms with Gasteiger partial charge < -0.3 is 9.26 Å². The molecule has 0 aliphatic carbocycles. The molecule has 1 aromatic heterocycles. The predicted molar refractivity (Wildman–Crippen MR) is 94.8 cm³/mol. The van der Waals surface area contributed by atoms with Crippen LogP contribution in [0.5, 0.6) is 5.75 Å². The van der Waals surface area contributed by atoms with E-state index in [1.165, 1.54) is 26.0 Å². The number of benzene rings is 2. The van der Waals surface area contributed by atoms with E-state index in [-0.39, 0.29) is 33.7 Å². The van der Waals surface area contributed by atoms with E-state index < -0.39 is 38.7 Å². The van der Waals surface area contributed by atoms with Crippen molar-refractivity contribution < 1.29 is 39.6 Å². The molecular weight excluding hydrogens is 435 g/mol. The third-order valence-corrected chi connectivity index (χ3v) is 5.07. The molecule has 0 saturated heterocycles. The second-order valence-corrected chi connectivity index (χ2v) is 7.80. The van der Waals surface area contributed by atoms with Gasteiger partial charge in [0.05, 0.1) is 5.56 Å². The van der Waals surface area contributed by atoms with E-state index >= 15 is 0 Å². The van der Waals surface area contributed by atoms with Crippen LogP contribution in [0.4, 0.5) is 22.0 Å². The molecule has 0 fully saturated rings. The Morgan fingerprint density at radius 3 is 2.13 bits per heavy atom. The van der Waals surface area contributed by atoms with Crippen LogP contribution in [0, 0.1) is 25.5 Å². The summed E-state index contributed by atoms with van der Waals surface area (Å²) in [6, 6.07) is 5.16. The molecule has 0 atom stereocenters. The molecule has 2 aromatic carbocycles. The van der Waals surface area contributed by atoms with Gasteiger partial charge in [-0.25, -0.2) is 22.3 Å². The lowest BCUT2D eigenvalue weighted by atomic mass is 9.98. The van der Waals surface area contributed by atoms with Gasteiger partial charge in [0.1, 0.15) is 28.8 Å². The predicted octanol–water partition coefficient (Wildman–Crippen LogP) is 4.45. The largest absolute Gasteiger partial charge is 0.573 e. The summed E-state index contributed by atoms with van der Waals surface area (Å²) < 4.78 is 97.6. The van der Waals surface area contributed by atoms with Crippen LogP contribution < -0.4 is 9.88 Å². The Hall–Kier alpha value is -2.99. The second kappa shape index (κ2) is 7.36. The normalized spacial score (nSPS) is 12.3. The lowest BCUT2D eigenvalue weighted by Crippen LogP contribution is -2.17. The highest BCUT2D eigenvalue weighted by atomic mass is 32.2. The average molecular weight is 448 g/mol. The van der Waals surface area contributed by atoms with Crippen LogP contribution >= 0.6 is 0 Å². The Kier molecular flexibility index (Phi) is 5.33. The fraction of sp³-hybridized carbons (Fsp3) is 0.167. The highest BCUT2D eigenvalue weighted by molar-refractivity contribution is 7.89. The first-order valence-electron chi connectivity index (χ1n) is 8.13. The molecule has 0 unspecified atom stereocenters. The molecule has 12 heteroatoms. The fourth-order valence-electron chi connectivity index (χ4n) is 2.92. The first-order chi connectivity index (χ1) is 13.8. The molecule has 0 amide bonds. The van der Waals surface area contributed by atoms with E-state index in [1.54, 1.807) is 0 Å². The first-order valence-corrected chi connectivity index (χ1v) is 9.68. The van der Waals surface area contributed by atoms with Crippen molar-refractivity contribution in [2.75, 3.05) is 0 Å². The van der Waals surface area contributed by atoms with Gasteiger partial charge in [-0.15, -0.1) is 13.2 Å². The van der Waals surface area contributed by atoms with Crippen molar-refractivity contribution in [1.29, 1.82) is 0 Å². The number of hydrogen-bond donors (Lipinski definition) is 1. The molecule has 160 valence electrons. The number of rotatable bonds is 4. The zero-order chi connectivity index (χ0) is 22.4. The summed E-state index contributed by atoms with van der Waals surface area (Å²) in [5.74, 6) is -3.11. The number of alkyl halides is 3. The van der Waals surface area contributed by atoms with Crippen LogP contribution in [0.2, 0.25) is 0 Å². The molecule has 0 bridgehead atoms. The van der Waals surface area contributed by atoms with Crippen LogP contribution in [-0.4, -0.2) is 19.9 Å². The number of ether oxygens (including phenoxy) is 1. The van der Waals surface area contributed by atoms with Crippen molar-refractivity contribution in [3.8, 4) is 28.1 Å². The van der Waals surface area contributed by atoms with Crippen molar-refractivity contribution >= 4 is 10.0 Å². The minimum Gasteiger partial charge on any atom is -0.406 e. The number of halogens is 5. The lowest BCUT2D eigenvalue weighted by molar-refractivity contribution is -0.274. The molecule has 0 radical (unpaired) electrons. The zero-order valence-corrected chi connectivity index (χ0v) is 16.2. The van der Waals surface area contributed by atoms with Crippen molar-refractivity contribution in [2.45, 2.75) is 25.1 Å². The summed E-state index contributed by atoms with van der Waals surface area (Å²) in [5.41, 5.74) is 0.511. The molecule has 3 rings (SSSR count). The summed E-state index contributed by atoms with van der Waals surface area (Å²) in [6.07, 6.45) is -4.87. The number of hydrogen-bond acceptors (Lipinski definition) is 5. The summed E-state index contributed by atoms with van der Waals surface area (Å²) in [5, 5.41) is 8.63. The van der Waals surface area contributed by atoms with E-state index in [4.69, 9.17) is 9.66 Å². The van der Waals surface area contributed by atoms with Gasteiger partial charge in [-0.05, 0) is 55.3 Å². The fourth-order valence-corrected chi connectivity index (χ4v) is 3.58. The molecule has 0 aliphatic rings. The maximum Gasteiger partial charge on any atom is 0.573 e. The molecular formula is C18H13F5N2O4S. The van der Waals surface area contributed by atoms with Gasteiger partial charge in [-0.2, -0.15) is 0 Å². The Morgan fingerprint density at radius 1 is 1.03 bits per heavy atom. The van der Waals surface area contributed by atoms with Crippen molar-refractivity contribution in [2.24, 2.45) is 5.14 Å². The molecule has 0 saturated carbocycles. The minimum absolute atomic E-state index is 0.0799. The average Bonchev–Trinajstić information content (AvgIpc) is 2.95. The van der Waals surface area contributed by atoms with Crippen molar-refractivity contribution in [3.05, 3.63) is 53.3 Å². The molecule has 6 nitrogen and oxygen atoms in total. The van der Waals surface area contributed by atoms with E-state index in [0.29, 0.717) is 0 Å². The number of nitrogens with zero attached hydrogens (tertiary/aromatic N) is 1. The monoisotopic (exact) mass is 448 g/mol. The standard InChI is InChI=1S/C18H13F5N2O4S/c1-8-5-10(3-4-14(8)28-18(21,22)23)16-15(9(2)29-25-16)11-6-12(19)17(13(20)7-11)30(24,26)27/h3-7H,1-2H3,(H2,24,26,27). The van der Waals surface area contributed by atoms with Crippen LogP contribution in [0.3, 0.4) is 0 Å². The van der Waals surface area contributed by atoms with Gasteiger partial charge in [-0.1, -0.05) is 5.16 Å². The van der Waals surface area contributed by atoms with E-state index in [0.717, 1.165) is 18.2 Å². The maximum atomic E-state index is 14.3. The summed E-state index contributed by atoms with van der Waals surface area (Å²) >= 11 is 0. The van der Waals surface area contributed by atoms with Crippen LogP contribution in [0.15, 0.2) is 39.8 Å². The number of aromatic nitrogens is 1. The highest BCUT2D eigenvalue weighted by Gasteiger charge is 2.32. The summed E-state index contributed by atoms with van der Waals surface area (Å²) in [7, 11) is -4.64. The Balaban J connectivity index is 2.12. The van der Waals surface area contributed by atoms with Gasteiger partial charge in [0.2, 0.25) is 10.0 Å². The summed E-state index contributed by atoms with van der Waals surface area (Å²) in [4.78, 5) is -1.29. The van der Waals surface area contributed by atoms with Crippen molar-refractivity contribution in [1.82, 2.24) is 5.16 Å². The van der Waals surface area contributed by atoms with Gasteiger partial charge in [-0.3, -0.25) is 0 Å². The quantitative estimate of drug-likeness (QED) is 0.595. The third kappa shape index (κ3) is 4.28. The zero-order valence-electron chi connectivity index (χ0n) is 15.3. The van der Waals surface area contributed by atoms with E-state index in [2.05, 4.69) is 9.89 Å². The van der Waals surface area contributed by atoms with Crippen LogP contribution in [0.25, 0.3) is 22.4 Å². The van der Waals surface area contributed by atoms with E-state index in [9.17, 15) is 30.4 Å². The van der Waals surface area contributed by atoms with Gasteiger partial charge in [0, 0.05) is 5.56 Å². The highest BCUT2D eigenvalue weighted by Crippen LogP contribution is 2.38. The molecule has 30 heavy (non-hydrogen) atoms. The number of primary sulfonamides is 1. The Morgan fingerprint density at radius 2 is 1.63 bits per heavy atom. The molecule has 3 aromatic rings. The third-order valence-electron chi connectivity index (χ3n) is 4.11. The number of sulfonamides is 1. The number of aryl methyl sites for hydroxylation is 2. The maximum absolute atomic E-state index is 14.3. The van der Waals surface area contributed by atoms with Gasteiger partial charge in [0.15, 0.2) is 4.90 Å². The molecule has 0 aliphatic heterocycles. The first kappa shape index (κ1) is 21.7. The number of nitrogens with two attached hydrogens (primary N) is 1. The van der Waals surface area contributed by atoms with Gasteiger partial charge >= 0.3 is 6.36 Å². The second-order valence-electron chi connectivity index (χ2n) is 6.30. The molecule has 2 N–H and O–H groups in total. The Bertz CT molecular complexity index is 1210. The SMILES string of the molecule is Cc1cc(-c2noc(C)c2-c2cc(F)c(S(N)(=O)=O)c(F)c2)ccc1OC(F)(F)F.